The second-order valence-electron chi connectivity index (χ2n) is 4.79. The first-order chi connectivity index (χ1) is 9.43. The van der Waals surface area contributed by atoms with Crippen molar-refractivity contribution in [3.63, 3.8) is 0 Å². The van der Waals surface area contributed by atoms with Gasteiger partial charge in [0.1, 0.15) is 12.1 Å². The molecule has 0 bridgehead atoms. The molecule has 0 spiro atoms. The van der Waals surface area contributed by atoms with Crippen LogP contribution in [0.2, 0.25) is 0 Å². The Labute approximate surface area is 122 Å². The molecule has 1 aliphatic carbocycles. The molecule has 1 aliphatic rings. The van der Waals surface area contributed by atoms with E-state index in [1.807, 2.05) is 6.26 Å². The number of rotatable bonds is 8. The van der Waals surface area contributed by atoms with Gasteiger partial charge < -0.3 is 21.1 Å². The van der Waals surface area contributed by atoms with E-state index in [2.05, 4.69) is 16.0 Å². The van der Waals surface area contributed by atoms with Crippen LogP contribution in [-0.2, 0) is 9.59 Å². The van der Waals surface area contributed by atoms with Crippen molar-refractivity contribution >= 4 is 29.7 Å². The molecule has 4 N–H and O–H groups in total. The van der Waals surface area contributed by atoms with Crippen molar-refractivity contribution in [3.05, 3.63) is 0 Å². The number of hydrogen-bond donors (Lipinski definition) is 4. The summed E-state index contributed by atoms with van der Waals surface area (Å²) in [6.07, 6.45) is 4.15. The van der Waals surface area contributed by atoms with Gasteiger partial charge in [0.05, 0.1) is 0 Å². The lowest BCUT2D eigenvalue weighted by atomic mass is 10.2. The van der Waals surface area contributed by atoms with E-state index >= 15 is 0 Å². The molecule has 1 rings (SSSR count). The summed E-state index contributed by atoms with van der Waals surface area (Å²) >= 11 is 1.51. The molecule has 0 radical (unpaired) electrons. The third-order valence-electron chi connectivity index (χ3n) is 2.88. The number of carboxylic acid groups (broad SMARTS) is 1. The summed E-state index contributed by atoms with van der Waals surface area (Å²) in [7, 11) is 0. The number of thioether (sulfide) groups is 1. The highest BCUT2D eigenvalue weighted by Crippen LogP contribution is 2.18. The minimum Gasteiger partial charge on any atom is -0.480 e. The summed E-state index contributed by atoms with van der Waals surface area (Å²) in [5.41, 5.74) is 0. The maximum atomic E-state index is 11.7. The Morgan fingerprint density at radius 1 is 1.30 bits per heavy atom. The predicted octanol–water partition coefficient (Wildman–Crippen LogP) is 0.159. The van der Waals surface area contributed by atoms with E-state index in [1.54, 1.807) is 6.92 Å². The second kappa shape index (κ2) is 7.98. The van der Waals surface area contributed by atoms with Gasteiger partial charge in [-0.15, -0.1) is 0 Å². The van der Waals surface area contributed by atoms with Crippen LogP contribution in [0, 0.1) is 0 Å². The van der Waals surface area contributed by atoms with Crippen molar-refractivity contribution < 1.29 is 19.5 Å². The van der Waals surface area contributed by atoms with Gasteiger partial charge in [-0.3, -0.25) is 4.79 Å². The minimum absolute atomic E-state index is 0.225. The lowest BCUT2D eigenvalue weighted by Crippen LogP contribution is -2.52. The Morgan fingerprint density at radius 2 is 1.95 bits per heavy atom. The normalized spacial score (nSPS) is 16.9. The standard InChI is InChI=1S/C12H21N3O4S/c1-7(10(16)14-8-3-4-8)13-12(19)15-9(11(17)18)5-6-20-2/h7-9H,3-6H2,1-2H3,(H,14,16)(H,17,18)(H2,13,15,19)/t7?,9-/m1/s1. The largest absolute Gasteiger partial charge is 0.480 e. The van der Waals surface area contributed by atoms with E-state index in [9.17, 15) is 14.4 Å². The van der Waals surface area contributed by atoms with Gasteiger partial charge in [-0.25, -0.2) is 9.59 Å². The van der Waals surface area contributed by atoms with Gasteiger partial charge in [0, 0.05) is 6.04 Å². The molecule has 8 heteroatoms. The molecule has 0 aromatic carbocycles. The number of carbonyl (C=O) groups is 3. The van der Waals surface area contributed by atoms with Gasteiger partial charge >= 0.3 is 12.0 Å². The van der Waals surface area contributed by atoms with Gasteiger partial charge in [-0.1, -0.05) is 0 Å². The van der Waals surface area contributed by atoms with Crippen molar-refractivity contribution in [2.45, 2.75) is 44.3 Å². The highest BCUT2D eigenvalue weighted by Gasteiger charge is 2.27. The van der Waals surface area contributed by atoms with Crippen molar-refractivity contribution in [1.29, 1.82) is 0 Å². The Kier molecular flexibility index (Phi) is 6.63. The van der Waals surface area contributed by atoms with E-state index in [0.29, 0.717) is 12.2 Å². The number of urea groups is 1. The van der Waals surface area contributed by atoms with Crippen molar-refractivity contribution in [2.75, 3.05) is 12.0 Å². The Hall–Kier alpha value is -1.44. The maximum Gasteiger partial charge on any atom is 0.326 e. The molecule has 3 amide bonds. The molecule has 114 valence electrons. The quantitative estimate of drug-likeness (QED) is 0.511. The third kappa shape index (κ3) is 6.14. The Balaban J connectivity index is 2.35. The van der Waals surface area contributed by atoms with Crippen LogP contribution in [0.15, 0.2) is 0 Å². The van der Waals surface area contributed by atoms with Crippen LogP contribution >= 0.6 is 11.8 Å². The van der Waals surface area contributed by atoms with Gasteiger partial charge in [0.2, 0.25) is 5.91 Å². The Morgan fingerprint density at radius 3 is 2.45 bits per heavy atom. The summed E-state index contributed by atoms with van der Waals surface area (Å²) in [5.74, 6) is -0.697. The average molecular weight is 303 g/mol. The molecule has 20 heavy (non-hydrogen) atoms. The van der Waals surface area contributed by atoms with Gasteiger partial charge in [0.15, 0.2) is 0 Å². The smallest absolute Gasteiger partial charge is 0.326 e. The van der Waals surface area contributed by atoms with E-state index in [0.717, 1.165) is 12.8 Å². The fraction of sp³-hybridized carbons (Fsp3) is 0.750. The van der Waals surface area contributed by atoms with E-state index in [1.165, 1.54) is 11.8 Å². The highest BCUT2D eigenvalue weighted by molar-refractivity contribution is 7.98. The van der Waals surface area contributed by atoms with Gasteiger partial charge in [0.25, 0.3) is 0 Å². The van der Waals surface area contributed by atoms with Gasteiger partial charge in [-0.05, 0) is 38.2 Å². The molecule has 0 saturated heterocycles. The van der Waals surface area contributed by atoms with Gasteiger partial charge in [-0.2, -0.15) is 11.8 Å². The van der Waals surface area contributed by atoms with E-state index in [4.69, 9.17) is 5.11 Å². The van der Waals surface area contributed by atoms with Crippen LogP contribution in [0.5, 0.6) is 0 Å². The molecule has 0 aliphatic heterocycles. The third-order valence-corrected chi connectivity index (χ3v) is 3.52. The summed E-state index contributed by atoms with van der Waals surface area (Å²) in [4.78, 5) is 34.3. The summed E-state index contributed by atoms with van der Waals surface area (Å²) in [6, 6.07) is -2.05. The second-order valence-corrected chi connectivity index (χ2v) is 5.78. The zero-order valence-electron chi connectivity index (χ0n) is 11.6. The average Bonchev–Trinajstić information content (AvgIpc) is 3.17. The summed E-state index contributed by atoms with van der Waals surface area (Å²) < 4.78 is 0. The molecular formula is C12H21N3O4S. The topological polar surface area (TPSA) is 108 Å². The van der Waals surface area contributed by atoms with Crippen molar-refractivity contribution in [1.82, 2.24) is 16.0 Å². The summed E-state index contributed by atoms with van der Waals surface area (Å²) in [5, 5.41) is 16.6. The lowest BCUT2D eigenvalue weighted by molar-refractivity contribution is -0.139. The van der Waals surface area contributed by atoms with Crippen LogP contribution in [0.3, 0.4) is 0 Å². The number of amides is 3. The van der Waals surface area contributed by atoms with Crippen LogP contribution in [0.25, 0.3) is 0 Å². The van der Waals surface area contributed by atoms with Crippen LogP contribution in [0.4, 0.5) is 4.79 Å². The van der Waals surface area contributed by atoms with Crippen molar-refractivity contribution in [2.24, 2.45) is 0 Å². The SMILES string of the molecule is CSCC[C@@H](NC(=O)NC(C)C(=O)NC1CC1)C(=O)O. The predicted molar refractivity (Wildman–Crippen MR) is 76.7 cm³/mol. The molecule has 1 saturated carbocycles. The number of aliphatic carboxylic acids is 1. The zero-order valence-corrected chi connectivity index (χ0v) is 12.5. The zero-order chi connectivity index (χ0) is 15.1. The lowest BCUT2D eigenvalue weighted by Gasteiger charge is -2.18. The summed E-state index contributed by atoms with van der Waals surface area (Å²) in [6.45, 7) is 1.56. The van der Waals surface area contributed by atoms with Crippen LogP contribution in [-0.4, -0.2) is 53.1 Å². The highest BCUT2D eigenvalue weighted by atomic mass is 32.2. The molecular weight excluding hydrogens is 282 g/mol. The molecule has 0 aromatic heterocycles. The first-order valence-electron chi connectivity index (χ1n) is 6.53. The fourth-order valence-corrected chi connectivity index (χ4v) is 1.98. The molecule has 2 atom stereocenters. The molecule has 1 fully saturated rings. The van der Waals surface area contributed by atoms with E-state index in [-0.39, 0.29) is 11.9 Å². The molecule has 0 heterocycles. The first-order valence-corrected chi connectivity index (χ1v) is 7.92. The minimum atomic E-state index is -1.08. The molecule has 1 unspecified atom stereocenters. The number of hydrogen-bond acceptors (Lipinski definition) is 4. The first kappa shape index (κ1) is 16.6. The fourth-order valence-electron chi connectivity index (χ4n) is 1.51. The van der Waals surface area contributed by atoms with Crippen molar-refractivity contribution in [3.8, 4) is 0 Å². The maximum absolute atomic E-state index is 11.7. The number of carboxylic acids is 1. The van der Waals surface area contributed by atoms with E-state index < -0.39 is 24.1 Å². The number of nitrogens with one attached hydrogen (secondary N) is 3. The molecule has 0 aromatic rings. The Bertz CT molecular complexity index is 374. The van der Waals surface area contributed by atoms with Crippen LogP contribution in [0.1, 0.15) is 26.2 Å². The van der Waals surface area contributed by atoms with Crippen LogP contribution < -0.4 is 16.0 Å². The monoisotopic (exact) mass is 303 g/mol. The molecule has 7 nitrogen and oxygen atoms in total. The number of carbonyl (C=O) groups excluding carboxylic acids is 2.